The normalized spacial score (nSPS) is 11.3. The van der Waals surface area contributed by atoms with E-state index in [1.807, 2.05) is 24.3 Å². The van der Waals surface area contributed by atoms with Crippen LogP contribution in [0.15, 0.2) is 42.5 Å². The standard InChI is InChI=1S/C22H27F2NO4/c1-22(2,3)16-6-8-17(9-7-16)28-14-20(26)25-12-11-15-5-10-18(27-4)19(13-15)29-21(23)24/h5-10,13,21H,11-12,14H2,1-4H3,(H,25,26). The first-order chi connectivity index (χ1) is 13.7. The third kappa shape index (κ3) is 7.25. The number of methoxy groups -OCH3 is 1. The summed E-state index contributed by atoms with van der Waals surface area (Å²) in [5.74, 6) is 0.553. The van der Waals surface area contributed by atoms with Gasteiger partial charge >= 0.3 is 6.61 Å². The number of hydrogen-bond acceptors (Lipinski definition) is 4. The van der Waals surface area contributed by atoms with Crippen LogP contribution in [0.4, 0.5) is 8.78 Å². The fraction of sp³-hybridized carbons (Fsp3) is 0.409. The van der Waals surface area contributed by atoms with E-state index in [1.165, 1.54) is 18.7 Å². The number of hydrogen-bond donors (Lipinski definition) is 1. The molecule has 158 valence electrons. The molecule has 0 saturated heterocycles. The van der Waals surface area contributed by atoms with Crippen LogP contribution in [0.2, 0.25) is 0 Å². The van der Waals surface area contributed by atoms with E-state index in [2.05, 4.69) is 30.8 Å². The van der Waals surface area contributed by atoms with Crippen molar-refractivity contribution in [3.8, 4) is 17.2 Å². The summed E-state index contributed by atoms with van der Waals surface area (Å²) in [6.45, 7) is 3.68. The average Bonchev–Trinajstić information content (AvgIpc) is 2.66. The van der Waals surface area contributed by atoms with Gasteiger partial charge in [-0.15, -0.1) is 0 Å². The average molecular weight is 407 g/mol. The van der Waals surface area contributed by atoms with Gasteiger partial charge in [-0.05, 0) is 47.2 Å². The van der Waals surface area contributed by atoms with Crippen LogP contribution in [0, 0.1) is 0 Å². The first-order valence-corrected chi connectivity index (χ1v) is 9.31. The monoisotopic (exact) mass is 407 g/mol. The Morgan fingerprint density at radius 2 is 1.76 bits per heavy atom. The molecule has 0 aliphatic rings. The number of benzene rings is 2. The van der Waals surface area contributed by atoms with Crippen LogP contribution in [-0.4, -0.2) is 32.8 Å². The van der Waals surface area contributed by atoms with Crippen LogP contribution in [0.25, 0.3) is 0 Å². The number of amides is 1. The highest BCUT2D eigenvalue weighted by Crippen LogP contribution is 2.29. The minimum Gasteiger partial charge on any atom is -0.493 e. The van der Waals surface area contributed by atoms with E-state index in [1.54, 1.807) is 12.1 Å². The van der Waals surface area contributed by atoms with Crippen LogP contribution < -0.4 is 19.5 Å². The number of ether oxygens (including phenoxy) is 3. The van der Waals surface area contributed by atoms with Gasteiger partial charge in [0.25, 0.3) is 5.91 Å². The van der Waals surface area contributed by atoms with Crippen molar-refractivity contribution < 1.29 is 27.8 Å². The summed E-state index contributed by atoms with van der Waals surface area (Å²) in [6.07, 6.45) is 0.454. The zero-order chi connectivity index (χ0) is 21.4. The fourth-order valence-corrected chi connectivity index (χ4v) is 2.66. The lowest BCUT2D eigenvalue weighted by Gasteiger charge is -2.19. The van der Waals surface area contributed by atoms with Crippen LogP contribution >= 0.6 is 0 Å². The summed E-state index contributed by atoms with van der Waals surface area (Å²) in [5, 5.41) is 2.74. The predicted octanol–water partition coefficient (Wildman–Crippen LogP) is 4.33. The van der Waals surface area contributed by atoms with Crippen LogP contribution in [0.1, 0.15) is 31.9 Å². The van der Waals surface area contributed by atoms with Crippen molar-refractivity contribution in [2.24, 2.45) is 0 Å². The Kier molecular flexibility index (Phi) is 7.82. The van der Waals surface area contributed by atoms with Gasteiger partial charge in [0.2, 0.25) is 0 Å². The van der Waals surface area contributed by atoms with Crippen molar-refractivity contribution in [2.45, 2.75) is 39.2 Å². The Morgan fingerprint density at radius 1 is 1.07 bits per heavy atom. The van der Waals surface area contributed by atoms with Gasteiger partial charge < -0.3 is 19.5 Å². The maximum Gasteiger partial charge on any atom is 0.387 e. The molecule has 29 heavy (non-hydrogen) atoms. The number of rotatable bonds is 9. The molecule has 0 bridgehead atoms. The van der Waals surface area contributed by atoms with Gasteiger partial charge in [0, 0.05) is 6.54 Å². The molecule has 2 rings (SSSR count). The molecule has 1 amide bonds. The summed E-state index contributed by atoms with van der Waals surface area (Å²) in [7, 11) is 1.38. The van der Waals surface area contributed by atoms with Crippen molar-refractivity contribution in [3.05, 3.63) is 53.6 Å². The van der Waals surface area contributed by atoms with Gasteiger partial charge in [0.05, 0.1) is 7.11 Å². The lowest BCUT2D eigenvalue weighted by Crippen LogP contribution is -2.30. The molecule has 5 nitrogen and oxygen atoms in total. The Balaban J connectivity index is 1.79. The molecule has 7 heteroatoms. The SMILES string of the molecule is COc1ccc(CCNC(=O)COc2ccc(C(C)(C)C)cc2)cc1OC(F)F. The molecule has 1 N–H and O–H groups in total. The lowest BCUT2D eigenvalue weighted by molar-refractivity contribution is -0.123. The Hall–Kier alpha value is -2.83. The third-order valence-electron chi connectivity index (χ3n) is 4.27. The van der Waals surface area contributed by atoms with Crippen molar-refractivity contribution >= 4 is 5.91 Å². The molecular weight excluding hydrogens is 380 g/mol. The molecule has 0 spiro atoms. The number of carbonyl (C=O) groups is 1. The molecule has 0 aromatic heterocycles. The van der Waals surface area contributed by atoms with Crippen molar-refractivity contribution in [1.29, 1.82) is 0 Å². The van der Waals surface area contributed by atoms with Crippen LogP contribution in [0.3, 0.4) is 0 Å². The molecule has 0 saturated carbocycles. The Morgan fingerprint density at radius 3 is 2.34 bits per heavy atom. The molecule has 0 aliphatic carbocycles. The second kappa shape index (κ2) is 10.1. The van der Waals surface area contributed by atoms with E-state index >= 15 is 0 Å². The zero-order valence-corrected chi connectivity index (χ0v) is 17.1. The molecule has 0 radical (unpaired) electrons. The summed E-state index contributed by atoms with van der Waals surface area (Å²) < 4.78 is 39.9. The Labute approximate surface area is 170 Å². The lowest BCUT2D eigenvalue weighted by atomic mass is 9.87. The first-order valence-electron chi connectivity index (χ1n) is 9.31. The van der Waals surface area contributed by atoms with E-state index in [9.17, 15) is 13.6 Å². The summed E-state index contributed by atoms with van der Waals surface area (Å²) in [4.78, 5) is 12.0. The van der Waals surface area contributed by atoms with Crippen molar-refractivity contribution in [3.63, 3.8) is 0 Å². The van der Waals surface area contributed by atoms with E-state index in [0.717, 1.165) is 5.56 Å². The van der Waals surface area contributed by atoms with Crippen LogP contribution in [0.5, 0.6) is 17.2 Å². The third-order valence-corrected chi connectivity index (χ3v) is 4.27. The van der Waals surface area contributed by atoms with Crippen molar-refractivity contribution in [1.82, 2.24) is 5.32 Å². The van der Waals surface area contributed by atoms with Gasteiger partial charge in [-0.2, -0.15) is 8.78 Å². The number of nitrogens with one attached hydrogen (secondary N) is 1. The smallest absolute Gasteiger partial charge is 0.387 e. The topological polar surface area (TPSA) is 56.8 Å². The summed E-state index contributed by atoms with van der Waals surface area (Å²) in [6, 6.07) is 12.4. The maximum absolute atomic E-state index is 12.5. The molecule has 0 fully saturated rings. The minimum absolute atomic E-state index is 0.0339. The van der Waals surface area contributed by atoms with Gasteiger partial charge in [0.15, 0.2) is 18.1 Å². The van der Waals surface area contributed by atoms with Crippen molar-refractivity contribution in [2.75, 3.05) is 20.3 Å². The zero-order valence-electron chi connectivity index (χ0n) is 17.1. The molecule has 0 atom stereocenters. The number of carbonyl (C=O) groups excluding carboxylic acids is 1. The van der Waals surface area contributed by atoms with E-state index in [-0.39, 0.29) is 29.4 Å². The maximum atomic E-state index is 12.5. The van der Waals surface area contributed by atoms with Gasteiger partial charge in [-0.3, -0.25) is 4.79 Å². The number of alkyl halides is 2. The minimum atomic E-state index is -2.94. The number of halogens is 2. The second-order valence-electron chi connectivity index (χ2n) is 7.53. The summed E-state index contributed by atoms with van der Waals surface area (Å²) in [5.41, 5.74) is 1.97. The summed E-state index contributed by atoms with van der Waals surface area (Å²) >= 11 is 0. The quantitative estimate of drug-likeness (QED) is 0.672. The van der Waals surface area contributed by atoms with E-state index in [4.69, 9.17) is 9.47 Å². The first kappa shape index (κ1) is 22.5. The molecule has 0 aliphatic heterocycles. The Bertz CT molecular complexity index is 801. The van der Waals surface area contributed by atoms with Gasteiger partial charge in [-0.25, -0.2) is 0 Å². The fourth-order valence-electron chi connectivity index (χ4n) is 2.66. The second-order valence-corrected chi connectivity index (χ2v) is 7.53. The molecular formula is C22H27F2NO4. The molecule has 2 aromatic carbocycles. The molecule has 2 aromatic rings. The van der Waals surface area contributed by atoms with E-state index in [0.29, 0.717) is 18.7 Å². The van der Waals surface area contributed by atoms with E-state index < -0.39 is 6.61 Å². The highest BCUT2D eigenvalue weighted by molar-refractivity contribution is 5.77. The highest BCUT2D eigenvalue weighted by Gasteiger charge is 2.14. The molecule has 0 heterocycles. The van der Waals surface area contributed by atoms with Crippen LogP contribution in [-0.2, 0) is 16.6 Å². The van der Waals surface area contributed by atoms with Gasteiger partial charge in [-0.1, -0.05) is 39.0 Å². The van der Waals surface area contributed by atoms with Gasteiger partial charge in [0.1, 0.15) is 5.75 Å². The predicted molar refractivity (Wildman–Crippen MR) is 107 cm³/mol. The highest BCUT2D eigenvalue weighted by atomic mass is 19.3. The largest absolute Gasteiger partial charge is 0.493 e. The molecule has 0 unspecified atom stereocenters.